The largest absolute Gasteiger partial charge is 0.315 e. The quantitative estimate of drug-likeness (QED) is 0.630. The van der Waals surface area contributed by atoms with Crippen LogP contribution in [0.5, 0.6) is 0 Å². The molecule has 2 aliphatic heterocycles. The second-order valence-electron chi connectivity index (χ2n) is 4.24. The van der Waals surface area contributed by atoms with Crippen LogP contribution < -0.4 is 5.32 Å². The van der Waals surface area contributed by atoms with Crippen LogP contribution in [0.25, 0.3) is 0 Å². The van der Waals surface area contributed by atoms with Crippen molar-refractivity contribution in [2.75, 3.05) is 18.8 Å². The monoisotopic (exact) mass is 203 g/mol. The van der Waals surface area contributed by atoms with Gasteiger partial charge in [0.15, 0.2) is 9.84 Å². The Balaban J connectivity index is 2.26. The average molecular weight is 203 g/mol. The molecule has 0 aromatic carbocycles. The van der Waals surface area contributed by atoms with Gasteiger partial charge in [-0.25, -0.2) is 8.42 Å². The maximum absolute atomic E-state index is 11.9. The van der Waals surface area contributed by atoms with Crippen molar-refractivity contribution in [1.82, 2.24) is 5.32 Å². The molecule has 2 rings (SSSR count). The molecule has 0 unspecified atom stereocenters. The van der Waals surface area contributed by atoms with Crippen LogP contribution in [0, 0.1) is 0 Å². The maximum atomic E-state index is 11.9. The molecule has 0 amide bonds. The van der Waals surface area contributed by atoms with Crippen molar-refractivity contribution in [3.05, 3.63) is 0 Å². The Morgan fingerprint density at radius 2 is 1.85 bits per heavy atom. The minimum Gasteiger partial charge on any atom is -0.315 e. The zero-order valence-electron chi connectivity index (χ0n) is 7.88. The molecule has 0 radical (unpaired) electrons. The summed E-state index contributed by atoms with van der Waals surface area (Å²) in [6.45, 7) is 1.67. The van der Waals surface area contributed by atoms with E-state index >= 15 is 0 Å². The Kier molecular flexibility index (Phi) is 2.36. The van der Waals surface area contributed by atoms with Crippen LogP contribution in [0.3, 0.4) is 0 Å². The Hall–Kier alpha value is -0.0900. The van der Waals surface area contributed by atoms with E-state index in [9.17, 15) is 8.42 Å². The average Bonchev–Trinajstić information content (AvgIpc) is 2.12. The van der Waals surface area contributed by atoms with Gasteiger partial charge in [-0.2, -0.15) is 0 Å². The van der Waals surface area contributed by atoms with Gasteiger partial charge in [-0.1, -0.05) is 6.42 Å². The van der Waals surface area contributed by atoms with Crippen molar-refractivity contribution in [3.8, 4) is 0 Å². The Labute approximate surface area is 79.8 Å². The van der Waals surface area contributed by atoms with Gasteiger partial charge < -0.3 is 5.32 Å². The number of hydrogen-bond acceptors (Lipinski definition) is 3. The first-order chi connectivity index (χ1) is 6.16. The van der Waals surface area contributed by atoms with Crippen molar-refractivity contribution in [2.45, 2.75) is 36.9 Å². The molecular formula is C9H17NO2S. The zero-order chi connectivity index (χ0) is 9.36. The molecule has 0 bridgehead atoms. The Morgan fingerprint density at radius 1 is 1.08 bits per heavy atom. The van der Waals surface area contributed by atoms with Crippen LogP contribution in [-0.4, -0.2) is 32.0 Å². The third-order valence-corrected chi connectivity index (χ3v) is 6.09. The molecule has 2 saturated heterocycles. The van der Waals surface area contributed by atoms with Crippen molar-refractivity contribution in [1.29, 1.82) is 0 Å². The highest BCUT2D eigenvalue weighted by Gasteiger charge is 2.45. The maximum Gasteiger partial charge on any atom is 0.157 e. The first-order valence-corrected chi connectivity index (χ1v) is 6.75. The third kappa shape index (κ3) is 1.50. The summed E-state index contributed by atoms with van der Waals surface area (Å²) >= 11 is 0. The predicted octanol–water partition coefficient (Wildman–Crippen LogP) is 0.707. The van der Waals surface area contributed by atoms with E-state index in [1.54, 1.807) is 0 Å². The van der Waals surface area contributed by atoms with Crippen molar-refractivity contribution >= 4 is 9.84 Å². The standard InChI is InChI=1S/C9H17NO2S/c11-13(12)7-2-1-4-9(13)5-3-6-10-8-9/h10H,1-8H2/t9-/m0/s1. The molecule has 1 N–H and O–H groups in total. The SMILES string of the molecule is O=S1(=O)CCCC[C@@]12CCCNC2. The molecular weight excluding hydrogens is 186 g/mol. The van der Waals surface area contributed by atoms with Gasteiger partial charge in [0.2, 0.25) is 0 Å². The molecule has 1 atom stereocenters. The molecule has 13 heavy (non-hydrogen) atoms. The summed E-state index contributed by atoms with van der Waals surface area (Å²) < 4.78 is 23.5. The van der Waals surface area contributed by atoms with Crippen molar-refractivity contribution in [3.63, 3.8) is 0 Å². The van der Waals surface area contributed by atoms with E-state index < -0.39 is 9.84 Å². The summed E-state index contributed by atoms with van der Waals surface area (Å²) in [6.07, 6.45) is 4.72. The first-order valence-electron chi connectivity index (χ1n) is 5.09. The molecule has 0 aromatic heterocycles. The number of hydrogen-bond donors (Lipinski definition) is 1. The molecule has 1 spiro atoms. The van der Waals surface area contributed by atoms with Crippen LogP contribution in [0.15, 0.2) is 0 Å². The second-order valence-corrected chi connectivity index (χ2v) is 6.74. The van der Waals surface area contributed by atoms with Gasteiger partial charge in [-0.05, 0) is 32.2 Å². The van der Waals surface area contributed by atoms with Crippen molar-refractivity contribution < 1.29 is 8.42 Å². The molecule has 2 aliphatic rings. The third-order valence-electron chi connectivity index (χ3n) is 3.39. The summed E-state index contributed by atoms with van der Waals surface area (Å²) in [7, 11) is -2.81. The lowest BCUT2D eigenvalue weighted by molar-refractivity contribution is 0.351. The summed E-state index contributed by atoms with van der Waals surface area (Å²) in [4.78, 5) is 0. The minimum atomic E-state index is -2.81. The van der Waals surface area contributed by atoms with Gasteiger partial charge in [-0.3, -0.25) is 0 Å². The van der Waals surface area contributed by atoms with Gasteiger partial charge in [0, 0.05) is 6.54 Å². The van der Waals surface area contributed by atoms with E-state index in [0.29, 0.717) is 12.3 Å². The molecule has 3 nitrogen and oxygen atoms in total. The molecule has 4 heteroatoms. The van der Waals surface area contributed by atoms with E-state index in [1.165, 1.54) is 0 Å². The van der Waals surface area contributed by atoms with Crippen molar-refractivity contribution in [2.24, 2.45) is 0 Å². The summed E-state index contributed by atoms with van der Waals surface area (Å²) in [5.41, 5.74) is 0. The van der Waals surface area contributed by atoms with Gasteiger partial charge in [0.25, 0.3) is 0 Å². The summed E-state index contributed by atoms with van der Waals surface area (Å²) in [5.74, 6) is 0.411. The lowest BCUT2D eigenvalue weighted by atomic mass is 9.92. The Bertz CT molecular complexity index is 270. The van der Waals surface area contributed by atoms with Gasteiger partial charge >= 0.3 is 0 Å². The number of piperidine rings is 1. The molecule has 0 aromatic rings. The normalized spacial score (nSPS) is 39.1. The van der Waals surface area contributed by atoms with E-state index in [-0.39, 0.29) is 4.75 Å². The highest BCUT2D eigenvalue weighted by Crippen LogP contribution is 2.35. The number of rotatable bonds is 0. The highest BCUT2D eigenvalue weighted by atomic mass is 32.2. The lowest BCUT2D eigenvalue weighted by Crippen LogP contribution is -2.53. The van der Waals surface area contributed by atoms with E-state index in [1.807, 2.05) is 0 Å². The fourth-order valence-corrected chi connectivity index (χ4v) is 4.78. The smallest absolute Gasteiger partial charge is 0.157 e. The summed E-state index contributed by atoms with van der Waals surface area (Å²) in [5, 5.41) is 3.22. The van der Waals surface area contributed by atoms with Crippen LogP contribution >= 0.6 is 0 Å². The number of sulfone groups is 1. The zero-order valence-corrected chi connectivity index (χ0v) is 8.70. The van der Waals surface area contributed by atoms with E-state index in [4.69, 9.17) is 0 Å². The second kappa shape index (κ2) is 3.24. The highest BCUT2D eigenvalue weighted by molar-refractivity contribution is 7.92. The van der Waals surface area contributed by atoms with Gasteiger partial charge in [-0.15, -0.1) is 0 Å². The molecule has 76 valence electrons. The first kappa shape index (κ1) is 9.46. The van der Waals surface area contributed by atoms with Gasteiger partial charge in [0.05, 0.1) is 10.5 Å². The fraction of sp³-hybridized carbons (Fsp3) is 1.00. The molecule has 0 saturated carbocycles. The van der Waals surface area contributed by atoms with E-state index in [0.717, 1.165) is 38.6 Å². The molecule has 0 aliphatic carbocycles. The van der Waals surface area contributed by atoms with Crippen LogP contribution in [0.1, 0.15) is 32.1 Å². The minimum absolute atomic E-state index is 0.385. The predicted molar refractivity (Wildman–Crippen MR) is 52.5 cm³/mol. The fourth-order valence-electron chi connectivity index (χ4n) is 2.53. The number of nitrogens with one attached hydrogen (secondary N) is 1. The van der Waals surface area contributed by atoms with Crippen LogP contribution in [-0.2, 0) is 9.84 Å². The topological polar surface area (TPSA) is 46.2 Å². The summed E-state index contributed by atoms with van der Waals surface area (Å²) in [6, 6.07) is 0. The van der Waals surface area contributed by atoms with Gasteiger partial charge in [0.1, 0.15) is 0 Å². The lowest BCUT2D eigenvalue weighted by Gasteiger charge is -2.39. The van der Waals surface area contributed by atoms with Crippen LogP contribution in [0.2, 0.25) is 0 Å². The Morgan fingerprint density at radius 3 is 2.46 bits per heavy atom. The molecule has 2 fully saturated rings. The van der Waals surface area contributed by atoms with E-state index in [2.05, 4.69) is 5.32 Å². The molecule has 2 heterocycles. The van der Waals surface area contributed by atoms with Crippen LogP contribution in [0.4, 0.5) is 0 Å².